The molecule has 0 nitrogen and oxygen atoms in total. The lowest BCUT2D eigenvalue weighted by molar-refractivity contribution is 1.70. The molecule has 0 aromatic heterocycles. The fourth-order valence-electron chi connectivity index (χ4n) is 1.43. The van der Waals surface area contributed by atoms with Crippen molar-refractivity contribution in [3.63, 3.8) is 0 Å². The Morgan fingerprint density at radius 2 is 1.36 bits per heavy atom. The van der Waals surface area contributed by atoms with Crippen LogP contribution in [-0.2, 0) is 0 Å². The first-order chi connectivity index (χ1) is 6.54. The minimum Gasteiger partial charge on any atom is -0.115 e. The van der Waals surface area contributed by atoms with Crippen LogP contribution in [0.4, 0.5) is 0 Å². The normalized spacial score (nSPS) is 10.6. The van der Waals surface area contributed by atoms with Gasteiger partial charge in [-0.15, -0.1) is 6.42 Å². The second-order valence-corrected chi connectivity index (χ2v) is 10.3. The van der Waals surface area contributed by atoms with Gasteiger partial charge in [0.05, 0.1) is 17.6 Å². The zero-order valence-electron chi connectivity index (χ0n) is 9.46. The van der Waals surface area contributed by atoms with Crippen LogP contribution in [0.3, 0.4) is 0 Å². The maximum absolute atomic E-state index is 5.47. The summed E-state index contributed by atoms with van der Waals surface area (Å²) in [6, 6.07) is 6.77. The van der Waals surface area contributed by atoms with Gasteiger partial charge in [0.25, 0.3) is 0 Å². The lowest BCUT2D eigenvalue weighted by Crippen LogP contribution is -2.32. The molecule has 0 saturated carbocycles. The van der Waals surface area contributed by atoms with E-state index in [4.69, 9.17) is 6.42 Å². The third kappa shape index (κ3) is 2.60. The lowest BCUT2D eigenvalue weighted by atomic mass is 10.2. The molecule has 0 fully saturated rings. The van der Waals surface area contributed by atoms with Gasteiger partial charge in [-0.05, 0) is 12.1 Å². The van der Waals surface area contributed by atoms with E-state index in [1.165, 1.54) is 10.4 Å². The molecule has 0 bridgehead atoms. The van der Waals surface area contributed by atoms with Crippen molar-refractivity contribution in [1.82, 2.24) is 0 Å². The van der Waals surface area contributed by atoms with Crippen molar-refractivity contribution in [3.8, 4) is 12.3 Å². The topological polar surface area (TPSA) is 0 Å². The highest BCUT2D eigenvalue weighted by Crippen LogP contribution is 1.96. The van der Waals surface area contributed by atoms with E-state index < -0.39 is 17.6 Å². The van der Waals surface area contributed by atoms with Crippen molar-refractivity contribution >= 4 is 28.0 Å². The van der Waals surface area contributed by atoms with Crippen LogP contribution in [-0.4, -0.2) is 17.6 Å². The monoisotopic (exact) mass is 218 g/mol. The molecule has 0 heterocycles. The van der Waals surface area contributed by atoms with Crippen molar-refractivity contribution in [1.29, 1.82) is 0 Å². The molecule has 1 aromatic carbocycles. The molecule has 0 aliphatic carbocycles. The molecular formula is C12H18Si2. The first-order valence-electron chi connectivity index (χ1n) is 5.16. The van der Waals surface area contributed by atoms with Gasteiger partial charge in [-0.2, -0.15) is 0 Å². The molecule has 1 rings (SSSR count). The Balaban J connectivity index is 3.22. The van der Waals surface area contributed by atoms with Crippen LogP contribution in [0.15, 0.2) is 18.2 Å². The van der Waals surface area contributed by atoms with Gasteiger partial charge in [-0.1, -0.05) is 48.5 Å². The number of hydrogen-bond acceptors (Lipinski definition) is 0. The third-order valence-corrected chi connectivity index (χ3v) is 5.81. The van der Waals surface area contributed by atoms with Gasteiger partial charge >= 0.3 is 0 Å². The summed E-state index contributed by atoms with van der Waals surface area (Å²) < 4.78 is 0. The largest absolute Gasteiger partial charge is 0.115 e. The smallest absolute Gasteiger partial charge is 0.0647 e. The molecule has 0 N–H and O–H groups in total. The van der Waals surface area contributed by atoms with Gasteiger partial charge in [-0.25, -0.2) is 0 Å². The predicted octanol–water partition coefficient (Wildman–Crippen LogP) is 1.06. The van der Waals surface area contributed by atoms with E-state index in [2.05, 4.69) is 50.3 Å². The molecule has 74 valence electrons. The van der Waals surface area contributed by atoms with E-state index in [0.717, 1.165) is 5.56 Å². The van der Waals surface area contributed by atoms with Crippen LogP contribution >= 0.6 is 0 Å². The van der Waals surface area contributed by atoms with Gasteiger partial charge in [0.2, 0.25) is 0 Å². The Morgan fingerprint density at radius 3 is 1.64 bits per heavy atom. The molecule has 0 saturated heterocycles. The van der Waals surface area contributed by atoms with Gasteiger partial charge in [-0.3, -0.25) is 0 Å². The SMILES string of the molecule is C#Cc1cc([SiH](C)C)cc([SiH](C)C)c1. The average molecular weight is 218 g/mol. The highest BCUT2D eigenvalue weighted by molar-refractivity contribution is 6.74. The first kappa shape index (κ1) is 11.3. The maximum Gasteiger partial charge on any atom is 0.0647 e. The standard InChI is InChI=1S/C12H18Si2/c1-6-10-7-11(13(2)3)9-12(8-10)14(4)5/h1,7-9,13-14H,2-5H3. The second kappa shape index (κ2) is 4.63. The van der Waals surface area contributed by atoms with Crippen molar-refractivity contribution < 1.29 is 0 Å². The molecule has 0 aliphatic rings. The molecular weight excluding hydrogens is 200 g/mol. The van der Waals surface area contributed by atoms with Gasteiger partial charge < -0.3 is 0 Å². The predicted molar refractivity (Wildman–Crippen MR) is 71.4 cm³/mol. The molecule has 14 heavy (non-hydrogen) atoms. The summed E-state index contributed by atoms with van der Waals surface area (Å²) in [7, 11) is -1.43. The maximum atomic E-state index is 5.47. The summed E-state index contributed by atoms with van der Waals surface area (Å²) in [6.07, 6.45) is 5.47. The van der Waals surface area contributed by atoms with E-state index in [0.29, 0.717) is 0 Å². The van der Waals surface area contributed by atoms with Gasteiger partial charge in [0.15, 0.2) is 0 Å². The summed E-state index contributed by atoms with van der Waals surface area (Å²) in [5, 5.41) is 3.02. The number of benzene rings is 1. The number of rotatable bonds is 2. The van der Waals surface area contributed by atoms with Crippen LogP contribution in [0.1, 0.15) is 5.56 Å². The summed E-state index contributed by atoms with van der Waals surface area (Å²) in [5.41, 5.74) is 1.07. The van der Waals surface area contributed by atoms with E-state index in [9.17, 15) is 0 Å². The minimum atomic E-state index is -0.713. The Bertz CT molecular complexity index is 333. The summed E-state index contributed by atoms with van der Waals surface area (Å²) in [6.45, 7) is 9.39. The first-order valence-corrected chi connectivity index (χ1v) is 10.9. The van der Waals surface area contributed by atoms with E-state index in [-0.39, 0.29) is 0 Å². The number of hydrogen-bond donors (Lipinski definition) is 0. The molecule has 0 aliphatic heterocycles. The van der Waals surface area contributed by atoms with E-state index in [1.807, 2.05) is 0 Å². The molecule has 0 unspecified atom stereocenters. The van der Waals surface area contributed by atoms with E-state index in [1.54, 1.807) is 0 Å². The third-order valence-electron chi connectivity index (χ3n) is 2.48. The molecule has 2 heteroatoms. The van der Waals surface area contributed by atoms with Crippen molar-refractivity contribution in [2.24, 2.45) is 0 Å². The molecule has 1 aromatic rings. The Kier molecular flexibility index (Phi) is 3.73. The molecule has 0 atom stereocenters. The second-order valence-electron chi connectivity index (χ2n) is 4.34. The quantitative estimate of drug-likeness (QED) is 0.514. The highest BCUT2D eigenvalue weighted by atomic mass is 28.3. The fraction of sp³-hybridized carbons (Fsp3) is 0.333. The van der Waals surface area contributed by atoms with Crippen LogP contribution in [0.2, 0.25) is 26.2 Å². The Hall–Kier alpha value is -0.786. The Labute approximate surface area is 90.6 Å². The summed E-state index contributed by atoms with van der Waals surface area (Å²) >= 11 is 0. The average Bonchev–Trinajstić information content (AvgIpc) is 2.16. The lowest BCUT2D eigenvalue weighted by Gasteiger charge is -2.10. The van der Waals surface area contributed by atoms with Crippen LogP contribution in [0.25, 0.3) is 0 Å². The van der Waals surface area contributed by atoms with Crippen molar-refractivity contribution in [2.45, 2.75) is 26.2 Å². The molecule has 0 radical (unpaired) electrons. The van der Waals surface area contributed by atoms with E-state index >= 15 is 0 Å². The van der Waals surface area contributed by atoms with Crippen molar-refractivity contribution in [2.75, 3.05) is 0 Å². The highest BCUT2D eigenvalue weighted by Gasteiger charge is 2.07. The minimum absolute atomic E-state index is 0.713. The van der Waals surface area contributed by atoms with Crippen molar-refractivity contribution in [3.05, 3.63) is 23.8 Å². The Morgan fingerprint density at radius 1 is 0.929 bits per heavy atom. The van der Waals surface area contributed by atoms with Gasteiger partial charge in [0.1, 0.15) is 0 Å². The van der Waals surface area contributed by atoms with Crippen LogP contribution < -0.4 is 10.4 Å². The summed E-state index contributed by atoms with van der Waals surface area (Å²) in [5.74, 6) is 2.76. The zero-order chi connectivity index (χ0) is 10.7. The van der Waals surface area contributed by atoms with Gasteiger partial charge in [0, 0.05) is 5.56 Å². The summed E-state index contributed by atoms with van der Waals surface area (Å²) in [4.78, 5) is 0. The van der Waals surface area contributed by atoms with Crippen LogP contribution in [0, 0.1) is 12.3 Å². The number of terminal acetylenes is 1. The molecule has 0 spiro atoms. The molecule has 0 amide bonds. The zero-order valence-corrected chi connectivity index (χ0v) is 11.8. The van der Waals surface area contributed by atoms with Crippen LogP contribution in [0.5, 0.6) is 0 Å². The fourth-order valence-corrected chi connectivity index (χ4v) is 3.70.